The van der Waals surface area contributed by atoms with Crippen molar-refractivity contribution in [3.05, 3.63) is 36.5 Å². The standard InChI is InChI=1S/C66H125NO5/c1-3-5-7-9-11-13-15-17-19-31-34-38-42-46-50-54-58-64(69)63(62-68)67-65(70)59-55-51-47-43-39-35-32-29-27-25-23-21-20-22-24-26-28-30-33-37-41-45-49-53-57-61-72-66(71)60-56-52-48-44-40-36-18-16-14-12-10-8-6-4-2/h16,18,21-24,63-64,68-69H,3-15,17,19-20,25-62H2,1-2H3,(H,67,70)/b18-16-,23-21-,24-22-. The maximum atomic E-state index is 12.5. The number of aliphatic hydroxyl groups excluding tert-OH is 2. The van der Waals surface area contributed by atoms with Crippen LogP contribution in [0.25, 0.3) is 0 Å². The van der Waals surface area contributed by atoms with E-state index in [4.69, 9.17) is 4.74 Å². The second-order valence-corrected chi connectivity index (χ2v) is 22.1. The predicted molar refractivity (Wildman–Crippen MR) is 315 cm³/mol. The van der Waals surface area contributed by atoms with E-state index < -0.39 is 12.1 Å². The summed E-state index contributed by atoms with van der Waals surface area (Å²) < 4.78 is 5.47. The molecule has 0 aromatic heterocycles. The summed E-state index contributed by atoms with van der Waals surface area (Å²) in [5, 5.41) is 23.3. The topological polar surface area (TPSA) is 95.9 Å². The number of allylic oxidation sites excluding steroid dienone is 6. The summed E-state index contributed by atoms with van der Waals surface area (Å²) in [5.41, 5.74) is 0. The van der Waals surface area contributed by atoms with Crippen LogP contribution in [0.2, 0.25) is 0 Å². The third-order valence-corrected chi connectivity index (χ3v) is 14.9. The number of aliphatic hydroxyl groups is 2. The molecule has 0 aliphatic carbocycles. The van der Waals surface area contributed by atoms with Gasteiger partial charge in [-0.3, -0.25) is 9.59 Å². The van der Waals surface area contributed by atoms with Crippen molar-refractivity contribution in [2.24, 2.45) is 0 Å². The first-order valence-corrected chi connectivity index (χ1v) is 32.2. The molecule has 0 aromatic rings. The summed E-state index contributed by atoms with van der Waals surface area (Å²) in [6.07, 6.45) is 77.3. The van der Waals surface area contributed by atoms with Gasteiger partial charge < -0.3 is 20.3 Å². The molecule has 6 nitrogen and oxygen atoms in total. The Labute approximate surface area is 449 Å². The lowest BCUT2D eigenvalue weighted by Gasteiger charge is -2.22. The van der Waals surface area contributed by atoms with Crippen molar-refractivity contribution in [2.45, 2.75) is 360 Å². The largest absolute Gasteiger partial charge is 0.466 e. The fraction of sp³-hybridized carbons (Fsp3) is 0.879. The Balaban J connectivity index is 3.43. The summed E-state index contributed by atoms with van der Waals surface area (Å²) in [6.45, 7) is 4.95. The number of amides is 1. The van der Waals surface area contributed by atoms with Gasteiger partial charge >= 0.3 is 5.97 Å². The summed E-state index contributed by atoms with van der Waals surface area (Å²) in [4.78, 5) is 24.5. The van der Waals surface area contributed by atoms with Gasteiger partial charge in [0.25, 0.3) is 0 Å². The number of hydrogen-bond acceptors (Lipinski definition) is 5. The Bertz CT molecular complexity index is 1170. The molecule has 0 aromatic carbocycles. The minimum Gasteiger partial charge on any atom is -0.466 e. The summed E-state index contributed by atoms with van der Waals surface area (Å²) in [6, 6.07) is -0.546. The van der Waals surface area contributed by atoms with Gasteiger partial charge in [0.2, 0.25) is 5.91 Å². The molecule has 6 heteroatoms. The molecule has 3 N–H and O–H groups in total. The van der Waals surface area contributed by atoms with Gasteiger partial charge in [-0.25, -0.2) is 0 Å². The number of ether oxygens (including phenoxy) is 1. The lowest BCUT2D eigenvalue weighted by Crippen LogP contribution is -2.45. The average molecular weight is 1010 g/mol. The quantitative estimate of drug-likeness (QED) is 0.0320. The third-order valence-electron chi connectivity index (χ3n) is 14.9. The van der Waals surface area contributed by atoms with E-state index in [1.165, 1.54) is 263 Å². The minimum atomic E-state index is -0.669. The molecule has 0 fully saturated rings. The van der Waals surface area contributed by atoms with Crippen LogP contribution in [0, 0.1) is 0 Å². The number of rotatable bonds is 60. The molecule has 0 spiro atoms. The molecule has 2 unspecified atom stereocenters. The fourth-order valence-electron chi connectivity index (χ4n) is 9.96. The molecule has 0 aliphatic heterocycles. The lowest BCUT2D eigenvalue weighted by molar-refractivity contribution is -0.143. The number of carbonyl (C=O) groups is 2. The van der Waals surface area contributed by atoms with Crippen LogP contribution in [0.15, 0.2) is 36.5 Å². The normalized spacial score (nSPS) is 12.8. The van der Waals surface area contributed by atoms with Gasteiger partial charge in [0.1, 0.15) is 0 Å². The van der Waals surface area contributed by atoms with Gasteiger partial charge in [-0.1, -0.05) is 288 Å². The molecule has 72 heavy (non-hydrogen) atoms. The van der Waals surface area contributed by atoms with Crippen molar-refractivity contribution in [1.29, 1.82) is 0 Å². The van der Waals surface area contributed by atoms with Crippen LogP contribution in [0.1, 0.15) is 348 Å². The Morgan fingerprint density at radius 3 is 1.07 bits per heavy atom. The molecule has 1 amide bonds. The third kappa shape index (κ3) is 57.4. The summed E-state index contributed by atoms with van der Waals surface area (Å²) in [7, 11) is 0. The van der Waals surface area contributed by atoms with E-state index in [0.717, 1.165) is 51.4 Å². The predicted octanol–water partition coefficient (Wildman–Crippen LogP) is 20.4. The second kappa shape index (κ2) is 61.6. The van der Waals surface area contributed by atoms with Crippen molar-refractivity contribution in [3.8, 4) is 0 Å². The van der Waals surface area contributed by atoms with Crippen LogP contribution >= 0.6 is 0 Å². The van der Waals surface area contributed by atoms with E-state index in [-0.39, 0.29) is 18.5 Å². The van der Waals surface area contributed by atoms with E-state index >= 15 is 0 Å². The first-order chi connectivity index (χ1) is 35.5. The Hall–Kier alpha value is -1.92. The van der Waals surface area contributed by atoms with Crippen LogP contribution in [-0.4, -0.2) is 47.4 Å². The Morgan fingerprint density at radius 1 is 0.389 bits per heavy atom. The molecule has 0 heterocycles. The highest BCUT2D eigenvalue weighted by Gasteiger charge is 2.20. The summed E-state index contributed by atoms with van der Waals surface area (Å²) in [5.74, 6) is -0.0386. The fourth-order valence-corrected chi connectivity index (χ4v) is 9.96. The Morgan fingerprint density at radius 2 is 0.694 bits per heavy atom. The first-order valence-electron chi connectivity index (χ1n) is 32.2. The smallest absolute Gasteiger partial charge is 0.305 e. The second-order valence-electron chi connectivity index (χ2n) is 22.1. The number of esters is 1. The van der Waals surface area contributed by atoms with Gasteiger partial charge in [-0.2, -0.15) is 0 Å². The maximum absolute atomic E-state index is 12.5. The van der Waals surface area contributed by atoms with Crippen molar-refractivity contribution in [1.82, 2.24) is 5.32 Å². The number of hydrogen-bond donors (Lipinski definition) is 3. The zero-order valence-electron chi connectivity index (χ0n) is 48.4. The maximum Gasteiger partial charge on any atom is 0.305 e. The van der Waals surface area contributed by atoms with Gasteiger partial charge in [0.15, 0.2) is 0 Å². The zero-order chi connectivity index (χ0) is 52.2. The first kappa shape index (κ1) is 70.1. The van der Waals surface area contributed by atoms with E-state index in [0.29, 0.717) is 25.9 Å². The van der Waals surface area contributed by atoms with E-state index in [9.17, 15) is 19.8 Å². The monoisotopic (exact) mass is 1010 g/mol. The highest BCUT2D eigenvalue weighted by atomic mass is 16.5. The SMILES string of the molecule is CCCCCCC/C=C\CCCCCCCC(=O)OCCCCCCCCCCC/C=C\C/C=C\CCCCCCCCCCCC(=O)NC(CO)C(O)CCCCCCCCCCCCCCCCCC. The molecule has 0 rings (SSSR count). The van der Waals surface area contributed by atoms with E-state index in [1.54, 1.807) is 0 Å². The number of nitrogens with one attached hydrogen (secondary N) is 1. The van der Waals surface area contributed by atoms with Crippen molar-refractivity contribution >= 4 is 11.9 Å². The van der Waals surface area contributed by atoms with Crippen LogP contribution in [0.4, 0.5) is 0 Å². The van der Waals surface area contributed by atoms with Crippen LogP contribution in [-0.2, 0) is 14.3 Å². The minimum absolute atomic E-state index is 0.000608. The highest BCUT2D eigenvalue weighted by molar-refractivity contribution is 5.76. The molecular formula is C66H125NO5. The lowest BCUT2D eigenvalue weighted by atomic mass is 10.0. The molecule has 0 aliphatic rings. The molecule has 424 valence electrons. The zero-order valence-corrected chi connectivity index (χ0v) is 48.4. The van der Waals surface area contributed by atoms with Crippen molar-refractivity contribution in [3.63, 3.8) is 0 Å². The number of unbranched alkanes of at least 4 members (excludes halogenated alkanes) is 43. The van der Waals surface area contributed by atoms with Crippen LogP contribution in [0.3, 0.4) is 0 Å². The van der Waals surface area contributed by atoms with Crippen LogP contribution < -0.4 is 5.32 Å². The van der Waals surface area contributed by atoms with Crippen molar-refractivity contribution < 1.29 is 24.5 Å². The Kier molecular flexibility index (Phi) is 60.0. The summed E-state index contributed by atoms with van der Waals surface area (Å²) >= 11 is 0. The van der Waals surface area contributed by atoms with Gasteiger partial charge in [-0.05, 0) is 83.5 Å². The van der Waals surface area contributed by atoms with Gasteiger partial charge in [0.05, 0.1) is 25.4 Å². The molecule has 0 saturated heterocycles. The highest BCUT2D eigenvalue weighted by Crippen LogP contribution is 2.17. The molecule has 0 bridgehead atoms. The van der Waals surface area contributed by atoms with Gasteiger partial charge in [0, 0.05) is 12.8 Å². The van der Waals surface area contributed by atoms with Gasteiger partial charge in [-0.15, -0.1) is 0 Å². The molecule has 0 saturated carbocycles. The molecule has 0 radical (unpaired) electrons. The van der Waals surface area contributed by atoms with E-state index in [1.807, 2.05) is 0 Å². The number of carbonyl (C=O) groups excluding carboxylic acids is 2. The van der Waals surface area contributed by atoms with Crippen LogP contribution in [0.5, 0.6) is 0 Å². The molecule has 2 atom stereocenters. The van der Waals surface area contributed by atoms with E-state index in [2.05, 4.69) is 55.6 Å². The van der Waals surface area contributed by atoms with Crippen molar-refractivity contribution in [2.75, 3.05) is 13.2 Å². The average Bonchev–Trinajstić information content (AvgIpc) is 3.38. The molecular weight excluding hydrogens is 887 g/mol.